The van der Waals surface area contributed by atoms with Gasteiger partial charge in [0.05, 0.1) is 4.91 Å². The van der Waals surface area contributed by atoms with Crippen molar-refractivity contribution >= 4 is 51.9 Å². The molecule has 0 bridgehead atoms. The normalized spacial score (nSPS) is 15.9. The van der Waals surface area contributed by atoms with Gasteiger partial charge in [0.25, 0.3) is 11.1 Å². The van der Waals surface area contributed by atoms with Crippen LogP contribution in [0.4, 0.5) is 10.5 Å². The van der Waals surface area contributed by atoms with Crippen LogP contribution < -0.4 is 5.32 Å². The van der Waals surface area contributed by atoms with Crippen molar-refractivity contribution in [3.05, 3.63) is 56.6 Å². The zero-order valence-electron chi connectivity index (χ0n) is 13.7. The molecule has 1 aromatic heterocycles. The van der Waals surface area contributed by atoms with E-state index in [-0.39, 0.29) is 6.54 Å². The average molecular weight is 372 g/mol. The number of aryl methyl sites for hydroxylation is 2. The maximum Gasteiger partial charge on any atom is 0.294 e. The highest BCUT2D eigenvalue weighted by Gasteiger charge is 2.36. The number of benzene rings is 1. The van der Waals surface area contributed by atoms with Crippen LogP contribution in [-0.2, 0) is 9.59 Å². The minimum absolute atomic E-state index is 0.291. The molecule has 0 radical (unpaired) electrons. The van der Waals surface area contributed by atoms with Gasteiger partial charge in [-0.1, -0.05) is 24.3 Å². The van der Waals surface area contributed by atoms with Crippen LogP contribution in [0.5, 0.6) is 0 Å². The molecule has 2 aromatic rings. The van der Waals surface area contributed by atoms with E-state index in [2.05, 4.69) is 5.32 Å². The fraction of sp³-hybridized carbons (Fsp3) is 0.167. The SMILES string of the molecule is Cc1cccc(C)c1NC(=O)CN1C(=O)S/C(=C\c2cccs2)C1=O. The van der Waals surface area contributed by atoms with Gasteiger partial charge in [0.15, 0.2) is 0 Å². The molecule has 5 nitrogen and oxygen atoms in total. The number of carbonyl (C=O) groups is 3. The Bertz CT molecular complexity index is 852. The first-order chi connectivity index (χ1) is 12.0. The molecule has 1 N–H and O–H groups in total. The summed E-state index contributed by atoms with van der Waals surface area (Å²) >= 11 is 2.34. The fourth-order valence-corrected chi connectivity index (χ4v) is 4.03. The van der Waals surface area contributed by atoms with Crippen LogP contribution in [0.3, 0.4) is 0 Å². The Morgan fingerprint density at radius 3 is 2.52 bits per heavy atom. The summed E-state index contributed by atoms with van der Waals surface area (Å²) in [5.41, 5.74) is 2.58. The molecule has 25 heavy (non-hydrogen) atoms. The Kier molecular flexibility index (Phi) is 5.06. The van der Waals surface area contributed by atoms with Crippen LogP contribution in [0, 0.1) is 13.8 Å². The maximum absolute atomic E-state index is 12.4. The van der Waals surface area contributed by atoms with E-state index in [0.29, 0.717) is 10.6 Å². The van der Waals surface area contributed by atoms with Gasteiger partial charge in [-0.3, -0.25) is 19.3 Å². The summed E-state index contributed by atoms with van der Waals surface area (Å²) in [5.74, 6) is -0.822. The van der Waals surface area contributed by atoms with E-state index in [9.17, 15) is 14.4 Å². The zero-order valence-corrected chi connectivity index (χ0v) is 15.4. The lowest BCUT2D eigenvalue weighted by molar-refractivity contribution is -0.127. The van der Waals surface area contributed by atoms with Crippen molar-refractivity contribution in [2.75, 3.05) is 11.9 Å². The van der Waals surface area contributed by atoms with E-state index >= 15 is 0 Å². The first kappa shape index (κ1) is 17.4. The molecular weight excluding hydrogens is 356 g/mol. The number of anilines is 1. The molecule has 0 saturated carbocycles. The van der Waals surface area contributed by atoms with E-state index in [1.807, 2.05) is 49.6 Å². The zero-order chi connectivity index (χ0) is 18.0. The van der Waals surface area contributed by atoms with Crippen molar-refractivity contribution in [1.82, 2.24) is 4.90 Å². The van der Waals surface area contributed by atoms with Gasteiger partial charge in [-0.05, 0) is 54.3 Å². The number of carbonyl (C=O) groups excluding carboxylic acids is 3. The van der Waals surface area contributed by atoms with E-state index < -0.39 is 17.1 Å². The molecule has 1 aliphatic rings. The van der Waals surface area contributed by atoms with Crippen molar-refractivity contribution < 1.29 is 14.4 Å². The highest BCUT2D eigenvalue weighted by Crippen LogP contribution is 2.32. The Morgan fingerprint density at radius 1 is 1.16 bits per heavy atom. The quantitative estimate of drug-likeness (QED) is 0.823. The number of nitrogens with zero attached hydrogens (tertiary/aromatic N) is 1. The second-order valence-electron chi connectivity index (χ2n) is 5.60. The molecule has 0 unspecified atom stereocenters. The van der Waals surface area contributed by atoms with Crippen molar-refractivity contribution in [2.24, 2.45) is 0 Å². The number of para-hydroxylation sites is 1. The number of amides is 3. The van der Waals surface area contributed by atoms with E-state index in [1.165, 1.54) is 11.3 Å². The van der Waals surface area contributed by atoms with E-state index in [0.717, 1.165) is 32.7 Å². The minimum atomic E-state index is -0.431. The van der Waals surface area contributed by atoms with Crippen molar-refractivity contribution in [1.29, 1.82) is 0 Å². The highest BCUT2D eigenvalue weighted by atomic mass is 32.2. The standard InChI is InChI=1S/C18H16N2O3S2/c1-11-5-3-6-12(2)16(11)19-15(21)10-20-17(22)14(25-18(20)23)9-13-7-4-8-24-13/h3-9H,10H2,1-2H3,(H,19,21)/b14-9-. The van der Waals surface area contributed by atoms with Crippen LogP contribution in [0.25, 0.3) is 6.08 Å². The predicted octanol–water partition coefficient (Wildman–Crippen LogP) is 4.04. The molecule has 1 saturated heterocycles. The second-order valence-corrected chi connectivity index (χ2v) is 7.57. The number of hydrogen-bond acceptors (Lipinski definition) is 5. The predicted molar refractivity (Wildman–Crippen MR) is 102 cm³/mol. The molecule has 1 fully saturated rings. The lowest BCUT2D eigenvalue weighted by Gasteiger charge is -2.15. The van der Waals surface area contributed by atoms with Crippen LogP contribution in [0.2, 0.25) is 0 Å². The topological polar surface area (TPSA) is 66.5 Å². The Morgan fingerprint density at radius 2 is 1.88 bits per heavy atom. The van der Waals surface area contributed by atoms with Gasteiger partial charge in [-0.15, -0.1) is 11.3 Å². The van der Waals surface area contributed by atoms with Gasteiger partial charge in [-0.25, -0.2) is 0 Å². The monoisotopic (exact) mass is 372 g/mol. The molecule has 0 spiro atoms. The lowest BCUT2D eigenvalue weighted by Crippen LogP contribution is -2.36. The molecule has 7 heteroatoms. The molecule has 1 aromatic carbocycles. The number of thioether (sulfide) groups is 1. The summed E-state index contributed by atoms with van der Waals surface area (Å²) < 4.78 is 0. The molecule has 2 heterocycles. The van der Waals surface area contributed by atoms with Crippen molar-refractivity contribution in [2.45, 2.75) is 13.8 Å². The number of imide groups is 1. The van der Waals surface area contributed by atoms with Crippen molar-refractivity contribution in [3.8, 4) is 0 Å². The van der Waals surface area contributed by atoms with Gasteiger partial charge < -0.3 is 5.32 Å². The minimum Gasteiger partial charge on any atom is -0.324 e. The van der Waals surface area contributed by atoms with Gasteiger partial charge >= 0.3 is 0 Å². The van der Waals surface area contributed by atoms with Crippen LogP contribution in [0.15, 0.2) is 40.6 Å². The second kappa shape index (κ2) is 7.25. The lowest BCUT2D eigenvalue weighted by atomic mass is 10.1. The largest absolute Gasteiger partial charge is 0.324 e. The molecule has 3 rings (SSSR count). The molecular formula is C18H16N2O3S2. The van der Waals surface area contributed by atoms with E-state index in [1.54, 1.807) is 6.08 Å². The van der Waals surface area contributed by atoms with Gasteiger partial charge in [0.2, 0.25) is 5.91 Å². The molecule has 1 aliphatic heterocycles. The summed E-state index contributed by atoms with van der Waals surface area (Å²) in [6.45, 7) is 3.50. The Hall–Kier alpha value is -2.38. The summed E-state index contributed by atoms with van der Waals surface area (Å²) in [7, 11) is 0. The Balaban J connectivity index is 1.71. The molecule has 128 valence electrons. The van der Waals surface area contributed by atoms with Crippen molar-refractivity contribution in [3.63, 3.8) is 0 Å². The smallest absolute Gasteiger partial charge is 0.294 e. The maximum atomic E-state index is 12.4. The summed E-state index contributed by atoms with van der Waals surface area (Å²) in [5, 5.41) is 4.27. The number of nitrogens with one attached hydrogen (secondary N) is 1. The summed E-state index contributed by atoms with van der Waals surface area (Å²) in [6, 6.07) is 9.44. The first-order valence-corrected chi connectivity index (χ1v) is 9.30. The number of rotatable bonds is 4. The Labute approximate surface area is 153 Å². The van der Waals surface area contributed by atoms with Gasteiger partial charge in [-0.2, -0.15) is 0 Å². The number of thiophene rings is 1. The highest BCUT2D eigenvalue weighted by molar-refractivity contribution is 8.18. The van der Waals surface area contributed by atoms with Crippen LogP contribution >= 0.6 is 23.1 Å². The van der Waals surface area contributed by atoms with Crippen LogP contribution in [-0.4, -0.2) is 28.5 Å². The number of hydrogen-bond donors (Lipinski definition) is 1. The fourth-order valence-electron chi connectivity index (χ4n) is 2.47. The van der Waals surface area contributed by atoms with Gasteiger partial charge in [0, 0.05) is 10.6 Å². The van der Waals surface area contributed by atoms with Crippen LogP contribution in [0.1, 0.15) is 16.0 Å². The summed E-state index contributed by atoms with van der Waals surface area (Å²) in [6.07, 6.45) is 1.68. The first-order valence-electron chi connectivity index (χ1n) is 7.60. The average Bonchev–Trinajstić information content (AvgIpc) is 3.16. The van der Waals surface area contributed by atoms with E-state index in [4.69, 9.17) is 0 Å². The third-order valence-electron chi connectivity index (χ3n) is 3.74. The summed E-state index contributed by atoms with van der Waals surface area (Å²) in [4.78, 5) is 39.0. The molecule has 3 amide bonds. The molecule has 0 atom stereocenters. The molecule has 0 aliphatic carbocycles. The third-order valence-corrected chi connectivity index (χ3v) is 5.46. The van der Waals surface area contributed by atoms with Gasteiger partial charge in [0.1, 0.15) is 6.54 Å². The third kappa shape index (κ3) is 3.83.